The van der Waals surface area contributed by atoms with E-state index in [4.69, 9.17) is 10.5 Å². The minimum Gasteiger partial charge on any atom is -0.386 e. The van der Waals surface area contributed by atoms with Crippen LogP contribution in [-0.2, 0) is 11.3 Å². The van der Waals surface area contributed by atoms with Crippen LogP contribution in [0.25, 0.3) is 0 Å². The van der Waals surface area contributed by atoms with Crippen molar-refractivity contribution in [2.24, 2.45) is 11.7 Å². The number of aliphatic hydroxyl groups is 1. The number of β-amino-alcohol motifs (C(OH)–C–C–N with tert-alkyl or cyclic N) is 1. The quantitative estimate of drug-likeness (QED) is 0.447. The van der Waals surface area contributed by atoms with Gasteiger partial charge in [-0.15, -0.1) is 0 Å². The molecule has 0 aliphatic carbocycles. The zero-order valence-corrected chi connectivity index (χ0v) is 18.9. The fraction of sp³-hybridized carbons (Fsp3) is 0.429. The Morgan fingerprint density at radius 3 is 2.53 bits per heavy atom. The van der Waals surface area contributed by atoms with Crippen molar-refractivity contribution in [2.75, 3.05) is 25.1 Å². The second-order valence-corrected chi connectivity index (χ2v) is 9.23. The van der Waals surface area contributed by atoms with E-state index in [-0.39, 0.29) is 36.7 Å². The predicted octanol–water partition coefficient (Wildman–Crippen LogP) is 3.96. The third kappa shape index (κ3) is 5.08. The molecule has 3 rings (SSSR count). The first-order chi connectivity index (χ1) is 14.1. The summed E-state index contributed by atoms with van der Waals surface area (Å²) in [5.74, 6) is -2.56. The first-order valence-electron chi connectivity index (χ1n) is 9.57. The van der Waals surface area contributed by atoms with Crippen LogP contribution in [0.1, 0.15) is 19.4 Å². The normalized spacial score (nSPS) is 17.1. The van der Waals surface area contributed by atoms with Crippen LogP contribution in [0.3, 0.4) is 0 Å². The second-order valence-electron chi connectivity index (χ2n) is 7.98. The minimum atomic E-state index is -1.10. The molecule has 9 heteroatoms. The van der Waals surface area contributed by atoms with Gasteiger partial charge in [-0.1, -0.05) is 19.9 Å². The first-order valence-corrected chi connectivity index (χ1v) is 10.7. The summed E-state index contributed by atoms with van der Waals surface area (Å²) in [5.41, 5.74) is 5.32. The van der Waals surface area contributed by atoms with Crippen LogP contribution < -0.4 is 11.1 Å². The second kappa shape index (κ2) is 9.39. The average molecular weight is 535 g/mol. The smallest absolute Gasteiger partial charge is 0.182 e. The average Bonchev–Trinajstić information content (AvgIpc) is 2.66. The van der Waals surface area contributed by atoms with E-state index >= 15 is 0 Å². The van der Waals surface area contributed by atoms with E-state index in [2.05, 4.69) is 5.32 Å². The van der Waals surface area contributed by atoms with Gasteiger partial charge < -0.3 is 20.9 Å². The predicted molar refractivity (Wildman–Crippen MR) is 118 cm³/mol. The molecule has 1 unspecified atom stereocenters. The van der Waals surface area contributed by atoms with Crippen molar-refractivity contribution < 1.29 is 23.0 Å². The van der Waals surface area contributed by atoms with Gasteiger partial charge in [0.1, 0.15) is 11.4 Å². The lowest BCUT2D eigenvalue weighted by Crippen LogP contribution is -2.71. The Bertz CT molecular complexity index is 907. The number of anilines is 2. The highest BCUT2D eigenvalue weighted by Gasteiger charge is 2.46. The van der Waals surface area contributed by atoms with E-state index in [0.29, 0.717) is 22.2 Å². The number of hydrogen-bond acceptors (Lipinski definition) is 5. The van der Waals surface area contributed by atoms with Gasteiger partial charge in [-0.05, 0) is 52.8 Å². The van der Waals surface area contributed by atoms with E-state index < -0.39 is 23.1 Å². The minimum absolute atomic E-state index is 0.0172. The molecule has 1 aliphatic heterocycles. The number of nitrogens with zero attached hydrogens (tertiary/aromatic N) is 1. The van der Waals surface area contributed by atoms with Crippen molar-refractivity contribution in [3.8, 4) is 0 Å². The van der Waals surface area contributed by atoms with Crippen molar-refractivity contribution >= 4 is 34.0 Å². The van der Waals surface area contributed by atoms with E-state index in [1.807, 2.05) is 41.3 Å². The van der Waals surface area contributed by atoms with Crippen LogP contribution in [0.15, 0.2) is 30.3 Å². The third-order valence-electron chi connectivity index (χ3n) is 5.24. The molecule has 0 spiro atoms. The zero-order chi connectivity index (χ0) is 22.1. The molecule has 30 heavy (non-hydrogen) atoms. The molecular weight excluding hydrogens is 510 g/mol. The van der Waals surface area contributed by atoms with Crippen molar-refractivity contribution in [1.29, 1.82) is 0 Å². The van der Waals surface area contributed by atoms with Crippen molar-refractivity contribution in [3.05, 3.63) is 56.9 Å². The lowest BCUT2D eigenvalue weighted by atomic mass is 9.81. The number of nitrogens with one attached hydrogen (secondary N) is 1. The van der Waals surface area contributed by atoms with Crippen molar-refractivity contribution in [3.63, 3.8) is 0 Å². The lowest BCUT2D eigenvalue weighted by molar-refractivity contribution is -0.155. The molecule has 4 N–H and O–H groups in total. The summed E-state index contributed by atoms with van der Waals surface area (Å²) in [6, 6.07) is 6.49. The Morgan fingerprint density at radius 1 is 1.20 bits per heavy atom. The summed E-state index contributed by atoms with van der Waals surface area (Å²) in [5, 5.41) is 13.1. The molecular formula is C21H25F3IN3O2. The molecule has 0 saturated carbocycles. The fourth-order valence-corrected chi connectivity index (χ4v) is 3.96. The molecule has 1 atom stereocenters. The Balaban J connectivity index is 1.64. The zero-order valence-electron chi connectivity index (χ0n) is 16.8. The van der Waals surface area contributed by atoms with Gasteiger partial charge in [0, 0.05) is 28.3 Å². The topological polar surface area (TPSA) is 70.8 Å². The van der Waals surface area contributed by atoms with E-state index in [1.54, 1.807) is 6.07 Å². The molecule has 0 amide bonds. The Hall–Kier alpha value is -1.40. The number of ether oxygens (including phenoxy) is 1. The highest BCUT2D eigenvalue weighted by atomic mass is 127. The third-order valence-corrected chi connectivity index (χ3v) is 5.91. The van der Waals surface area contributed by atoms with Gasteiger partial charge in [-0.3, -0.25) is 4.90 Å². The molecule has 0 radical (unpaired) electrons. The van der Waals surface area contributed by atoms with Gasteiger partial charge in [0.15, 0.2) is 11.6 Å². The van der Waals surface area contributed by atoms with E-state index in [1.165, 1.54) is 18.2 Å². The van der Waals surface area contributed by atoms with Crippen LogP contribution in [0.2, 0.25) is 0 Å². The van der Waals surface area contributed by atoms with Crippen LogP contribution in [0.5, 0.6) is 0 Å². The number of benzene rings is 2. The summed E-state index contributed by atoms with van der Waals surface area (Å²) < 4.78 is 48.6. The lowest BCUT2D eigenvalue weighted by Gasteiger charge is -2.50. The van der Waals surface area contributed by atoms with E-state index in [9.17, 15) is 18.3 Å². The first kappa shape index (κ1) is 23.3. The molecule has 2 aromatic rings. The summed E-state index contributed by atoms with van der Waals surface area (Å²) in [4.78, 5) is 1.87. The molecule has 1 aliphatic rings. The summed E-state index contributed by atoms with van der Waals surface area (Å²) in [6.07, 6.45) is 0. The molecule has 0 aromatic heterocycles. The van der Waals surface area contributed by atoms with Gasteiger partial charge in [0.2, 0.25) is 0 Å². The molecule has 164 valence electrons. The number of nitrogens with two attached hydrogens (primary N) is 1. The maximum absolute atomic E-state index is 14.4. The number of likely N-dealkylation sites (tertiary alicyclic amines) is 1. The number of halogens is 4. The van der Waals surface area contributed by atoms with Gasteiger partial charge in [-0.25, -0.2) is 13.2 Å². The van der Waals surface area contributed by atoms with Crippen molar-refractivity contribution in [1.82, 2.24) is 4.90 Å². The van der Waals surface area contributed by atoms with Crippen LogP contribution >= 0.6 is 22.6 Å². The maximum Gasteiger partial charge on any atom is 0.182 e. The van der Waals surface area contributed by atoms with Gasteiger partial charge in [-0.2, -0.15) is 0 Å². The highest BCUT2D eigenvalue weighted by Crippen LogP contribution is 2.30. The van der Waals surface area contributed by atoms with Gasteiger partial charge in [0.05, 0.1) is 24.7 Å². The van der Waals surface area contributed by atoms with Crippen molar-refractivity contribution in [2.45, 2.75) is 32.1 Å². The van der Waals surface area contributed by atoms with Gasteiger partial charge in [0.25, 0.3) is 0 Å². The highest BCUT2D eigenvalue weighted by molar-refractivity contribution is 14.1. The van der Waals surface area contributed by atoms with Crippen LogP contribution in [0, 0.1) is 26.9 Å². The summed E-state index contributed by atoms with van der Waals surface area (Å²) in [7, 11) is 0. The van der Waals surface area contributed by atoms with E-state index in [0.717, 1.165) is 6.07 Å². The number of rotatable bonds is 8. The fourth-order valence-electron chi connectivity index (χ4n) is 3.51. The van der Waals surface area contributed by atoms with Crippen LogP contribution in [-0.4, -0.2) is 41.5 Å². The standard InChI is InChI=1S/C21H25F3IN3O2/c1-12(2)20(26)21(29)9-28(10-21)11-30-8-13-3-5-15(22)18(24)19(13)27-17-6-4-14(25)7-16(17)23/h3-7,12,20,27,29H,8-11,26H2,1-2H3. The number of hydrogen-bond donors (Lipinski definition) is 3. The Labute approximate surface area is 187 Å². The molecule has 0 bridgehead atoms. The summed E-state index contributed by atoms with van der Waals surface area (Å²) in [6.45, 7) is 4.85. The maximum atomic E-state index is 14.4. The molecule has 1 heterocycles. The SMILES string of the molecule is CC(C)C(N)C1(O)CN(COCc2ccc(F)c(F)c2Nc2ccc(I)cc2F)C1. The largest absolute Gasteiger partial charge is 0.386 e. The van der Waals surface area contributed by atoms with Gasteiger partial charge >= 0.3 is 0 Å². The Kier molecular flexibility index (Phi) is 7.28. The molecule has 5 nitrogen and oxygen atoms in total. The summed E-state index contributed by atoms with van der Waals surface area (Å²) >= 11 is 1.96. The molecule has 1 saturated heterocycles. The van der Waals surface area contributed by atoms with Crippen LogP contribution in [0.4, 0.5) is 24.5 Å². The monoisotopic (exact) mass is 535 g/mol. The molecule has 1 fully saturated rings. The molecule has 2 aromatic carbocycles. The Morgan fingerprint density at radius 2 is 1.90 bits per heavy atom.